The summed E-state index contributed by atoms with van der Waals surface area (Å²) in [5, 5.41) is 2.78. The lowest BCUT2D eigenvalue weighted by Gasteiger charge is -2.11. The van der Waals surface area contributed by atoms with E-state index >= 15 is 0 Å². The zero-order valence-corrected chi connectivity index (χ0v) is 11.8. The maximum atomic E-state index is 12.3. The summed E-state index contributed by atoms with van der Waals surface area (Å²) in [6.45, 7) is 1.88. The Kier molecular flexibility index (Phi) is 3.60. The van der Waals surface area contributed by atoms with Crippen molar-refractivity contribution in [2.45, 2.75) is 38.6 Å². The predicted molar refractivity (Wildman–Crippen MR) is 77.6 cm³/mol. The fraction of sp³-hybridized carbons (Fsp3) is 0.400. The van der Waals surface area contributed by atoms with E-state index in [4.69, 9.17) is 4.74 Å². The summed E-state index contributed by atoms with van der Waals surface area (Å²) < 4.78 is 6.49. The Balaban J connectivity index is 1.81. The topological polar surface area (TPSA) is 72.7 Å². The molecule has 21 heavy (non-hydrogen) atoms. The SMILES string of the molecule is Cc1ccc2ncc(OC(=O)NC3CCCC3)c(=O)n2c1. The van der Waals surface area contributed by atoms with Gasteiger partial charge in [-0.1, -0.05) is 18.9 Å². The van der Waals surface area contributed by atoms with Crippen LogP contribution in [0.4, 0.5) is 4.79 Å². The second-order valence-electron chi connectivity index (χ2n) is 5.38. The minimum atomic E-state index is -0.589. The van der Waals surface area contributed by atoms with Gasteiger partial charge in [0.1, 0.15) is 5.65 Å². The molecule has 2 heterocycles. The maximum absolute atomic E-state index is 12.3. The summed E-state index contributed by atoms with van der Waals surface area (Å²) >= 11 is 0. The molecule has 0 bridgehead atoms. The predicted octanol–water partition coefficient (Wildman–Crippen LogP) is 2.03. The Morgan fingerprint density at radius 1 is 1.38 bits per heavy atom. The molecule has 1 aliphatic carbocycles. The molecule has 6 nitrogen and oxygen atoms in total. The number of nitrogens with one attached hydrogen (secondary N) is 1. The van der Waals surface area contributed by atoms with Gasteiger partial charge in [-0.2, -0.15) is 0 Å². The van der Waals surface area contributed by atoms with Crippen LogP contribution < -0.4 is 15.6 Å². The molecule has 0 aromatic carbocycles. The monoisotopic (exact) mass is 287 g/mol. The maximum Gasteiger partial charge on any atom is 0.413 e. The average molecular weight is 287 g/mol. The third-order valence-corrected chi connectivity index (χ3v) is 3.70. The third-order valence-electron chi connectivity index (χ3n) is 3.70. The number of nitrogens with zero attached hydrogens (tertiary/aromatic N) is 2. The van der Waals surface area contributed by atoms with Gasteiger partial charge in [-0.3, -0.25) is 9.20 Å². The van der Waals surface area contributed by atoms with Crippen molar-refractivity contribution >= 4 is 11.7 Å². The third kappa shape index (κ3) is 2.89. The molecule has 0 spiro atoms. The van der Waals surface area contributed by atoms with Crippen LogP contribution in [0.1, 0.15) is 31.2 Å². The van der Waals surface area contributed by atoms with Gasteiger partial charge in [0.25, 0.3) is 0 Å². The molecule has 1 amide bonds. The van der Waals surface area contributed by atoms with Gasteiger partial charge in [0.15, 0.2) is 0 Å². The molecular formula is C15H17N3O3. The van der Waals surface area contributed by atoms with E-state index in [1.807, 2.05) is 13.0 Å². The van der Waals surface area contributed by atoms with Crippen molar-refractivity contribution < 1.29 is 9.53 Å². The van der Waals surface area contributed by atoms with Crippen molar-refractivity contribution in [3.63, 3.8) is 0 Å². The largest absolute Gasteiger partial charge is 0.413 e. The van der Waals surface area contributed by atoms with Crippen LogP contribution in [-0.2, 0) is 0 Å². The first-order chi connectivity index (χ1) is 10.1. The van der Waals surface area contributed by atoms with Gasteiger partial charge < -0.3 is 10.1 Å². The van der Waals surface area contributed by atoms with Crippen LogP contribution in [0.2, 0.25) is 0 Å². The van der Waals surface area contributed by atoms with Crippen LogP contribution >= 0.6 is 0 Å². The number of aromatic nitrogens is 2. The van der Waals surface area contributed by atoms with Gasteiger partial charge in [-0.15, -0.1) is 0 Å². The van der Waals surface area contributed by atoms with E-state index in [0.29, 0.717) is 5.65 Å². The van der Waals surface area contributed by atoms with Gasteiger partial charge in [0.05, 0.1) is 6.20 Å². The van der Waals surface area contributed by atoms with E-state index in [1.165, 1.54) is 10.6 Å². The second-order valence-corrected chi connectivity index (χ2v) is 5.38. The lowest BCUT2D eigenvalue weighted by Crippen LogP contribution is -2.36. The molecule has 0 radical (unpaired) electrons. The highest BCUT2D eigenvalue weighted by molar-refractivity contribution is 5.70. The fourth-order valence-electron chi connectivity index (χ4n) is 2.60. The van der Waals surface area contributed by atoms with E-state index < -0.39 is 6.09 Å². The van der Waals surface area contributed by atoms with Crippen molar-refractivity contribution in [3.8, 4) is 5.75 Å². The molecule has 2 aromatic rings. The van der Waals surface area contributed by atoms with Crippen LogP contribution in [0.5, 0.6) is 5.75 Å². The molecule has 0 unspecified atom stereocenters. The minimum Gasteiger partial charge on any atom is -0.403 e. The number of hydrogen-bond acceptors (Lipinski definition) is 4. The summed E-state index contributed by atoms with van der Waals surface area (Å²) in [5.41, 5.74) is 1.07. The summed E-state index contributed by atoms with van der Waals surface area (Å²) in [5.74, 6) is -0.0615. The molecule has 2 aromatic heterocycles. The highest BCUT2D eigenvalue weighted by Gasteiger charge is 2.19. The lowest BCUT2D eigenvalue weighted by atomic mass is 10.3. The van der Waals surface area contributed by atoms with Crippen molar-refractivity contribution in [2.75, 3.05) is 0 Å². The van der Waals surface area contributed by atoms with E-state index in [9.17, 15) is 9.59 Å². The number of carbonyl (C=O) groups is 1. The molecule has 6 heteroatoms. The van der Waals surface area contributed by atoms with Crippen molar-refractivity contribution in [1.82, 2.24) is 14.7 Å². The summed E-state index contributed by atoms with van der Waals surface area (Å²) in [6, 6.07) is 3.77. The van der Waals surface area contributed by atoms with Crippen LogP contribution in [0, 0.1) is 6.92 Å². The average Bonchev–Trinajstić information content (AvgIpc) is 2.95. The van der Waals surface area contributed by atoms with Crippen molar-refractivity contribution in [1.29, 1.82) is 0 Å². The first kappa shape index (κ1) is 13.6. The van der Waals surface area contributed by atoms with Crippen LogP contribution in [0.15, 0.2) is 29.3 Å². The first-order valence-corrected chi connectivity index (χ1v) is 7.10. The highest BCUT2D eigenvalue weighted by Crippen LogP contribution is 2.17. The minimum absolute atomic E-state index is 0.0615. The van der Waals surface area contributed by atoms with Gasteiger partial charge in [0, 0.05) is 12.2 Å². The van der Waals surface area contributed by atoms with E-state index in [2.05, 4.69) is 10.3 Å². The molecule has 0 saturated heterocycles. The van der Waals surface area contributed by atoms with Crippen LogP contribution in [0.3, 0.4) is 0 Å². The number of fused-ring (bicyclic) bond motifs is 1. The Morgan fingerprint density at radius 3 is 2.90 bits per heavy atom. The number of rotatable bonds is 2. The zero-order chi connectivity index (χ0) is 14.8. The Labute approximate surface area is 121 Å². The van der Waals surface area contributed by atoms with Crippen molar-refractivity contribution in [3.05, 3.63) is 40.4 Å². The first-order valence-electron chi connectivity index (χ1n) is 7.10. The number of carbonyl (C=O) groups excluding carboxylic acids is 1. The number of amides is 1. The van der Waals surface area contributed by atoms with Gasteiger partial charge in [-0.05, 0) is 31.4 Å². The van der Waals surface area contributed by atoms with E-state index in [1.54, 1.807) is 12.3 Å². The summed E-state index contributed by atoms with van der Waals surface area (Å²) in [7, 11) is 0. The molecular weight excluding hydrogens is 270 g/mol. The van der Waals surface area contributed by atoms with Crippen LogP contribution in [0.25, 0.3) is 5.65 Å². The molecule has 0 aliphatic heterocycles. The van der Waals surface area contributed by atoms with Gasteiger partial charge >= 0.3 is 11.7 Å². The molecule has 1 saturated carbocycles. The fourth-order valence-corrected chi connectivity index (χ4v) is 2.60. The molecule has 0 atom stereocenters. The standard InChI is InChI=1S/C15H17N3O3/c1-10-6-7-13-16-8-12(14(19)18(13)9-10)21-15(20)17-11-4-2-3-5-11/h6-9,11H,2-5H2,1H3,(H,17,20). The Hall–Kier alpha value is -2.37. The normalized spacial score (nSPS) is 15.3. The zero-order valence-electron chi connectivity index (χ0n) is 11.8. The number of pyridine rings is 1. The summed E-state index contributed by atoms with van der Waals surface area (Å²) in [4.78, 5) is 28.2. The number of aryl methyl sites for hydroxylation is 1. The smallest absolute Gasteiger partial charge is 0.403 e. The Bertz CT molecular complexity index is 733. The van der Waals surface area contributed by atoms with Gasteiger partial charge in [-0.25, -0.2) is 9.78 Å². The number of hydrogen-bond donors (Lipinski definition) is 1. The second kappa shape index (κ2) is 5.55. The Morgan fingerprint density at radius 2 is 2.14 bits per heavy atom. The van der Waals surface area contributed by atoms with E-state index in [-0.39, 0.29) is 17.4 Å². The lowest BCUT2D eigenvalue weighted by molar-refractivity contribution is 0.195. The van der Waals surface area contributed by atoms with Crippen LogP contribution in [-0.4, -0.2) is 21.5 Å². The molecule has 3 rings (SSSR count). The van der Waals surface area contributed by atoms with Gasteiger partial charge in [0.2, 0.25) is 5.75 Å². The number of ether oxygens (including phenoxy) is 1. The van der Waals surface area contributed by atoms with E-state index in [0.717, 1.165) is 31.2 Å². The highest BCUT2D eigenvalue weighted by atomic mass is 16.6. The summed E-state index contributed by atoms with van der Waals surface area (Å²) in [6.07, 6.45) is 6.53. The molecule has 1 fully saturated rings. The molecule has 1 N–H and O–H groups in total. The molecule has 110 valence electrons. The quantitative estimate of drug-likeness (QED) is 0.917. The van der Waals surface area contributed by atoms with Crippen molar-refractivity contribution in [2.24, 2.45) is 0 Å². The molecule has 1 aliphatic rings.